The van der Waals surface area contributed by atoms with Gasteiger partial charge in [-0.1, -0.05) is 0 Å². The zero-order chi connectivity index (χ0) is 10.8. The fourth-order valence-corrected chi connectivity index (χ4v) is 1.56. The topological polar surface area (TPSA) is 76.3 Å². The lowest BCUT2D eigenvalue weighted by Gasteiger charge is -2.28. The summed E-state index contributed by atoms with van der Waals surface area (Å²) in [6, 6.07) is 2.76. The molecule has 2 rings (SSSR count). The number of carbonyl (C=O) groups excluding carboxylic acids is 2. The van der Waals surface area contributed by atoms with Crippen molar-refractivity contribution in [3.05, 3.63) is 24.5 Å². The zero-order valence-electron chi connectivity index (χ0n) is 8.09. The van der Waals surface area contributed by atoms with Gasteiger partial charge in [-0.25, -0.2) is 4.90 Å². The molecule has 5 nitrogen and oxygen atoms in total. The zero-order valence-corrected chi connectivity index (χ0v) is 8.09. The average Bonchev–Trinajstić information content (AvgIpc) is 2.26. The highest BCUT2D eigenvalue weighted by Crippen LogP contribution is 2.19. The molecule has 0 saturated carbocycles. The number of imide groups is 1. The van der Waals surface area contributed by atoms with Crippen molar-refractivity contribution in [1.29, 1.82) is 0 Å². The van der Waals surface area contributed by atoms with E-state index in [4.69, 9.17) is 5.73 Å². The quantitative estimate of drug-likeness (QED) is 0.658. The van der Waals surface area contributed by atoms with E-state index in [1.165, 1.54) is 6.20 Å². The Morgan fingerprint density at radius 1 is 1.47 bits per heavy atom. The highest BCUT2D eigenvalue weighted by Gasteiger charge is 2.33. The molecule has 2 amide bonds. The maximum absolute atomic E-state index is 11.7. The van der Waals surface area contributed by atoms with Crippen molar-refractivity contribution in [3.8, 4) is 0 Å². The molecule has 1 fully saturated rings. The Hall–Kier alpha value is -1.75. The highest BCUT2D eigenvalue weighted by atomic mass is 16.2. The van der Waals surface area contributed by atoms with Gasteiger partial charge < -0.3 is 5.73 Å². The third kappa shape index (κ3) is 1.73. The number of pyridine rings is 1. The SMILES string of the molecule is NC1CCC(=O)N(c2cccnc2)C1=O. The smallest absolute Gasteiger partial charge is 0.250 e. The Labute approximate surface area is 86.9 Å². The lowest BCUT2D eigenvalue weighted by molar-refractivity contribution is -0.130. The van der Waals surface area contributed by atoms with Crippen molar-refractivity contribution < 1.29 is 9.59 Å². The number of aromatic nitrogens is 1. The molecule has 15 heavy (non-hydrogen) atoms. The van der Waals surface area contributed by atoms with Crippen molar-refractivity contribution in [2.75, 3.05) is 4.90 Å². The first-order chi connectivity index (χ1) is 7.20. The minimum Gasteiger partial charge on any atom is -0.320 e. The first-order valence-corrected chi connectivity index (χ1v) is 4.72. The van der Waals surface area contributed by atoms with Crippen molar-refractivity contribution in [2.24, 2.45) is 5.73 Å². The molecule has 2 N–H and O–H groups in total. The second kappa shape index (κ2) is 3.78. The molecule has 0 spiro atoms. The van der Waals surface area contributed by atoms with Gasteiger partial charge >= 0.3 is 0 Å². The van der Waals surface area contributed by atoms with Crippen LogP contribution in [0.4, 0.5) is 5.69 Å². The molecule has 1 saturated heterocycles. The Morgan fingerprint density at radius 2 is 2.27 bits per heavy atom. The second-order valence-electron chi connectivity index (χ2n) is 3.42. The van der Waals surface area contributed by atoms with E-state index < -0.39 is 6.04 Å². The molecule has 1 aliphatic heterocycles. The molecule has 78 valence electrons. The Bertz CT molecular complexity index is 391. The van der Waals surface area contributed by atoms with Gasteiger partial charge in [-0.05, 0) is 18.6 Å². The molecule has 1 unspecified atom stereocenters. The first kappa shape index (κ1) is 9.79. The van der Waals surface area contributed by atoms with Crippen LogP contribution in [0.25, 0.3) is 0 Å². The number of amides is 2. The number of nitrogens with two attached hydrogens (primary N) is 1. The van der Waals surface area contributed by atoms with Crippen LogP contribution < -0.4 is 10.6 Å². The van der Waals surface area contributed by atoms with Crippen LogP contribution in [0.2, 0.25) is 0 Å². The van der Waals surface area contributed by atoms with Crippen LogP contribution in [0.15, 0.2) is 24.5 Å². The number of carbonyl (C=O) groups is 2. The van der Waals surface area contributed by atoms with Crippen molar-refractivity contribution in [3.63, 3.8) is 0 Å². The van der Waals surface area contributed by atoms with Crippen molar-refractivity contribution >= 4 is 17.5 Å². The number of rotatable bonds is 1. The van der Waals surface area contributed by atoms with E-state index in [0.29, 0.717) is 18.5 Å². The summed E-state index contributed by atoms with van der Waals surface area (Å²) in [5.74, 6) is -0.561. The predicted octanol–water partition coefficient (Wildman–Crippen LogP) is 0.0623. The lowest BCUT2D eigenvalue weighted by Crippen LogP contribution is -2.51. The van der Waals surface area contributed by atoms with Crippen molar-refractivity contribution in [2.45, 2.75) is 18.9 Å². The molecule has 0 aliphatic carbocycles. The summed E-state index contributed by atoms with van der Waals surface area (Å²) < 4.78 is 0. The van der Waals surface area contributed by atoms with E-state index in [2.05, 4.69) is 4.98 Å². The first-order valence-electron chi connectivity index (χ1n) is 4.72. The van der Waals surface area contributed by atoms with Gasteiger partial charge in [0.25, 0.3) is 5.91 Å². The third-order valence-corrected chi connectivity index (χ3v) is 2.36. The van der Waals surface area contributed by atoms with Gasteiger partial charge in [-0.15, -0.1) is 0 Å². The standard InChI is InChI=1S/C10H11N3O2/c11-8-3-4-9(14)13(10(8)15)7-2-1-5-12-6-7/h1-2,5-6,8H,3-4,11H2. The molecular formula is C10H11N3O2. The van der Waals surface area contributed by atoms with E-state index in [1.54, 1.807) is 18.3 Å². The number of piperidine rings is 1. The summed E-state index contributed by atoms with van der Waals surface area (Å²) in [7, 11) is 0. The van der Waals surface area contributed by atoms with Crippen LogP contribution >= 0.6 is 0 Å². The fourth-order valence-electron chi connectivity index (χ4n) is 1.56. The van der Waals surface area contributed by atoms with Gasteiger partial charge in [-0.2, -0.15) is 0 Å². The normalized spacial score (nSPS) is 21.9. The van der Waals surface area contributed by atoms with E-state index in [9.17, 15) is 9.59 Å². The summed E-state index contributed by atoms with van der Waals surface area (Å²) in [6.45, 7) is 0. The molecule has 1 aromatic heterocycles. The summed E-state index contributed by atoms with van der Waals surface area (Å²) in [6.07, 6.45) is 3.80. The minimum atomic E-state index is -0.581. The fraction of sp³-hybridized carbons (Fsp3) is 0.300. The third-order valence-electron chi connectivity index (χ3n) is 2.36. The van der Waals surface area contributed by atoms with Crippen LogP contribution in [0.1, 0.15) is 12.8 Å². The minimum absolute atomic E-state index is 0.213. The number of nitrogens with zero attached hydrogens (tertiary/aromatic N) is 2. The van der Waals surface area contributed by atoms with Gasteiger partial charge in [-0.3, -0.25) is 14.6 Å². The second-order valence-corrected chi connectivity index (χ2v) is 3.42. The van der Waals surface area contributed by atoms with Gasteiger partial charge in [0, 0.05) is 12.6 Å². The molecule has 0 aromatic carbocycles. The van der Waals surface area contributed by atoms with Crippen LogP contribution in [0.5, 0.6) is 0 Å². The number of hydrogen-bond acceptors (Lipinski definition) is 4. The van der Waals surface area contributed by atoms with E-state index in [0.717, 1.165) is 4.90 Å². The van der Waals surface area contributed by atoms with Crippen molar-refractivity contribution in [1.82, 2.24) is 4.98 Å². The van der Waals surface area contributed by atoms with Gasteiger partial charge in [0.15, 0.2) is 0 Å². The predicted molar refractivity (Wildman–Crippen MR) is 53.9 cm³/mol. The maximum Gasteiger partial charge on any atom is 0.250 e. The van der Waals surface area contributed by atoms with Gasteiger partial charge in [0.05, 0.1) is 17.9 Å². The summed E-state index contributed by atoms with van der Waals surface area (Å²) in [5, 5.41) is 0. The van der Waals surface area contributed by atoms with Crippen LogP contribution in [-0.2, 0) is 9.59 Å². The average molecular weight is 205 g/mol. The molecule has 5 heteroatoms. The highest BCUT2D eigenvalue weighted by molar-refractivity contribution is 6.18. The Balaban J connectivity index is 2.34. The Morgan fingerprint density at radius 3 is 2.93 bits per heavy atom. The monoisotopic (exact) mass is 205 g/mol. The van der Waals surface area contributed by atoms with Crippen LogP contribution in [0.3, 0.4) is 0 Å². The molecule has 0 radical (unpaired) electrons. The maximum atomic E-state index is 11.7. The van der Waals surface area contributed by atoms with Crippen LogP contribution in [-0.4, -0.2) is 22.8 Å². The van der Waals surface area contributed by atoms with Gasteiger partial charge in [0.1, 0.15) is 0 Å². The molecule has 0 bridgehead atoms. The van der Waals surface area contributed by atoms with E-state index in [-0.39, 0.29) is 11.8 Å². The summed E-state index contributed by atoms with van der Waals surface area (Å²) in [5.41, 5.74) is 6.09. The molecule has 1 atom stereocenters. The molecule has 1 aliphatic rings. The molecule has 2 heterocycles. The number of anilines is 1. The lowest BCUT2D eigenvalue weighted by atomic mass is 10.0. The Kier molecular flexibility index (Phi) is 2.47. The summed E-state index contributed by atoms with van der Waals surface area (Å²) >= 11 is 0. The molecule has 1 aromatic rings. The molecular weight excluding hydrogens is 194 g/mol. The van der Waals surface area contributed by atoms with Crippen LogP contribution in [0, 0.1) is 0 Å². The summed E-state index contributed by atoms with van der Waals surface area (Å²) in [4.78, 5) is 28.2. The largest absolute Gasteiger partial charge is 0.320 e. The van der Waals surface area contributed by atoms with E-state index >= 15 is 0 Å². The van der Waals surface area contributed by atoms with Gasteiger partial charge in [0.2, 0.25) is 5.91 Å². The number of hydrogen-bond donors (Lipinski definition) is 1. The van der Waals surface area contributed by atoms with E-state index in [1.807, 2.05) is 0 Å².